The Kier molecular flexibility index (Phi) is 5.14. The fourth-order valence-electron chi connectivity index (χ4n) is 2.56. The summed E-state index contributed by atoms with van der Waals surface area (Å²) in [7, 11) is 1.88. The van der Waals surface area contributed by atoms with E-state index in [0.717, 1.165) is 18.4 Å². The largest absolute Gasteiger partial charge is 0.337 e. The summed E-state index contributed by atoms with van der Waals surface area (Å²) in [6.07, 6.45) is 7.53. The minimum absolute atomic E-state index is 0.00441. The zero-order valence-electron chi connectivity index (χ0n) is 11.9. The minimum atomic E-state index is -0.00441. The van der Waals surface area contributed by atoms with Gasteiger partial charge in [-0.1, -0.05) is 31.1 Å². The van der Waals surface area contributed by atoms with Crippen LogP contribution in [0.15, 0.2) is 18.3 Å². The Bertz CT molecular complexity index is 507. The van der Waals surface area contributed by atoms with Gasteiger partial charge in [0.25, 0.3) is 5.91 Å². The van der Waals surface area contributed by atoms with Crippen molar-refractivity contribution in [2.45, 2.75) is 38.1 Å². The first-order valence-corrected chi connectivity index (χ1v) is 7.14. The van der Waals surface area contributed by atoms with E-state index in [9.17, 15) is 4.79 Å². The first kappa shape index (κ1) is 14.5. The summed E-state index contributed by atoms with van der Waals surface area (Å²) >= 11 is 0. The molecule has 1 saturated carbocycles. The third-order valence-corrected chi connectivity index (χ3v) is 3.76. The van der Waals surface area contributed by atoms with Gasteiger partial charge in [-0.15, -0.1) is 0 Å². The van der Waals surface area contributed by atoms with Crippen LogP contribution in [0.1, 0.15) is 48.2 Å². The molecule has 1 fully saturated rings. The van der Waals surface area contributed by atoms with Crippen LogP contribution in [0.5, 0.6) is 0 Å². The van der Waals surface area contributed by atoms with Crippen molar-refractivity contribution in [1.29, 1.82) is 0 Å². The lowest BCUT2D eigenvalue weighted by atomic mass is 9.94. The van der Waals surface area contributed by atoms with Crippen molar-refractivity contribution in [2.75, 3.05) is 13.6 Å². The molecular formula is C16H21N3O. The summed E-state index contributed by atoms with van der Waals surface area (Å²) < 4.78 is 0. The molecule has 4 nitrogen and oxygen atoms in total. The van der Waals surface area contributed by atoms with Crippen molar-refractivity contribution in [3.63, 3.8) is 0 Å². The molecule has 0 bridgehead atoms. The fourth-order valence-corrected chi connectivity index (χ4v) is 2.56. The van der Waals surface area contributed by atoms with Gasteiger partial charge < -0.3 is 10.6 Å². The molecule has 0 saturated heterocycles. The number of hydrogen-bond acceptors (Lipinski definition) is 3. The third-order valence-electron chi connectivity index (χ3n) is 3.76. The maximum atomic E-state index is 12.4. The molecule has 2 rings (SSSR count). The highest BCUT2D eigenvalue weighted by molar-refractivity contribution is 5.92. The highest BCUT2D eigenvalue weighted by atomic mass is 16.2. The van der Waals surface area contributed by atoms with E-state index in [1.807, 2.05) is 18.0 Å². The quantitative estimate of drug-likeness (QED) is 0.834. The Morgan fingerprint density at radius 1 is 1.40 bits per heavy atom. The zero-order valence-corrected chi connectivity index (χ0v) is 11.9. The molecule has 1 aromatic heterocycles. The molecule has 20 heavy (non-hydrogen) atoms. The number of pyridine rings is 1. The predicted molar refractivity (Wildman–Crippen MR) is 79.1 cm³/mol. The number of carbonyl (C=O) groups excluding carboxylic acids is 1. The van der Waals surface area contributed by atoms with Crippen molar-refractivity contribution < 1.29 is 4.79 Å². The maximum absolute atomic E-state index is 12.4. The smallest absolute Gasteiger partial charge is 0.272 e. The van der Waals surface area contributed by atoms with Gasteiger partial charge in [0.05, 0.1) is 6.54 Å². The Hall–Kier alpha value is -1.86. The van der Waals surface area contributed by atoms with Gasteiger partial charge in [0, 0.05) is 24.8 Å². The van der Waals surface area contributed by atoms with Crippen LogP contribution in [-0.4, -0.2) is 35.4 Å². The normalized spacial score (nSPS) is 15.3. The Morgan fingerprint density at radius 2 is 2.15 bits per heavy atom. The summed E-state index contributed by atoms with van der Waals surface area (Å²) in [5.74, 6) is 5.67. The molecule has 0 unspecified atom stereocenters. The van der Waals surface area contributed by atoms with Crippen LogP contribution in [0.25, 0.3) is 0 Å². The fraction of sp³-hybridized carbons (Fsp3) is 0.500. The second kappa shape index (κ2) is 7.06. The summed E-state index contributed by atoms with van der Waals surface area (Å²) in [6.45, 7) is 0.325. The lowest BCUT2D eigenvalue weighted by molar-refractivity contribution is 0.0690. The molecule has 1 amide bonds. The van der Waals surface area contributed by atoms with Crippen molar-refractivity contribution in [3.8, 4) is 11.8 Å². The lowest BCUT2D eigenvalue weighted by Gasteiger charge is -2.31. The SMILES string of the molecule is CN(C(=O)c1ccc(C#CCN)cn1)C1CCCCC1. The second-order valence-electron chi connectivity index (χ2n) is 5.15. The van der Waals surface area contributed by atoms with E-state index in [1.165, 1.54) is 19.3 Å². The van der Waals surface area contributed by atoms with Gasteiger partial charge in [-0.05, 0) is 25.0 Å². The van der Waals surface area contributed by atoms with E-state index in [4.69, 9.17) is 5.73 Å². The molecule has 0 radical (unpaired) electrons. The van der Waals surface area contributed by atoms with E-state index in [0.29, 0.717) is 18.3 Å². The number of nitrogens with zero attached hydrogens (tertiary/aromatic N) is 2. The van der Waals surface area contributed by atoms with Crippen LogP contribution in [-0.2, 0) is 0 Å². The number of carbonyl (C=O) groups is 1. The van der Waals surface area contributed by atoms with Gasteiger partial charge in [-0.3, -0.25) is 4.79 Å². The Morgan fingerprint density at radius 3 is 2.75 bits per heavy atom. The topological polar surface area (TPSA) is 59.2 Å². The van der Waals surface area contributed by atoms with Crippen LogP contribution in [0, 0.1) is 11.8 Å². The molecule has 0 aromatic carbocycles. The van der Waals surface area contributed by atoms with E-state index in [-0.39, 0.29) is 5.91 Å². The van der Waals surface area contributed by atoms with Crippen LogP contribution < -0.4 is 5.73 Å². The number of hydrogen-bond donors (Lipinski definition) is 1. The number of amides is 1. The molecule has 4 heteroatoms. The molecule has 1 heterocycles. The maximum Gasteiger partial charge on any atom is 0.272 e. The second-order valence-corrected chi connectivity index (χ2v) is 5.15. The molecular weight excluding hydrogens is 250 g/mol. The Balaban J connectivity index is 2.04. The van der Waals surface area contributed by atoms with Crippen molar-refractivity contribution in [3.05, 3.63) is 29.6 Å². The van der Waals surface area contributed by atoms with Crippen LogP contribution in [0.3, 0.4) is 0 Å². The summed E-state index contributed by atoms with van der Waals surface area (Å²) in [5, 5.41) is 0. The van der Waals surface area contributed by atoms with E-state index < -0.39 is 0 Å². The first-order valence-electron chi connectivity index (χ1n) is 7.14. The van der Waals surface area contributed by atoms with Crippen molar-refractivity contribution in [1.82, 2.24) is 9.88 Å². The minimum Gasteiger partial charge on any atom is -0.337 e. The van der Waals surface area contributed by atoms with Crippen LogP contribution in [0.4, 0.5) is 0 Å². The first-order chi connectivity index (χ1) is 9.72. The average Bonchev–Trinajstić information content (AvgIpc) is 2.53. The number of rotatable bonds is 2. The van der Waals surface area contributed by atoms with E-state index in [1.54, 1.807) is 12.3 Å². The molecule has 1 aromatic rings. The van der Waals surface area contributed by atoms with Gasteiger partial charge in [0.15, 0.2) is 0 Å². The van der Waals surface area contributed by atoms with Crippen molar-refractivity contribution in [2.24, 2.45) is 5.73 Å². The monoisotopic (exact) mass is 271 g/mol. The van der Waals surface area contributed by atoms with Gasteiger partial charge in [-0.2, -0.15) is 0 Å². The molecule has 1 aliphatic carbocycles. The summed E-state index contributed by atoms with van der Waals surface area (Å²) in [4.78, 5) is 18.4. The number of aromatic nitrogens is 1. The molecule has 1 aliphatic rings. The van der Waals surface area contributed by atoms with Gasteiger partial charge in [0.2, 0.25) is 0 Å². The van der Waals surface area contributed by atoms with E-state index in [2.05, 4.69) is 16.8 Å². The summed E-state index contributed by atoms with van der Waals surface area (Å²) in [5.41, 5.74) is 6.59. The van der Waals surface area contributed by atoms with Crippen LogP contribution >= 0.6 is 0 Å². The van der Waals surface area contributed by atoms with Crippen LogP contribution in [0.2, 0.25) is 0 Å². The molecule has 106 valence electrons. The van der Waals surface area contributed by atoms with E-state index >= 15 is 0 Å². The standard InChI is InChI=1S/C16H21N3O/c1-19(14-7-3-2-4-8-14)16(20)15-10-9-13(12-18-15)6-5-11-17/h9-10,12,14H,2-4,7-8,11,17H2,1H3. The highest BCUT2D eigenvalue weighted by Crippen LogP contribution is 2.22. The Labute approximate surface area is 120 Å². The molecule has 2 N–H and O–H groups in total. The molecule has 0 atom stereocenters. The average molecular weight is 271 g/mol. The lowest BCUT2D eigenvalue weighted by Crippen LogP contribution is -2.38. The number of nitrogens with two attached hydrogens (primary N) is 1. The zero-order chi connectivity index (χ0) is 14.4. The van der Waals surface area contributed by atoms with Gasteiger partial charge in [0.1, 0.15) is 5.69 Å². The van der Waals surface area contributed by atoms with Gasteiger partial charge >= 0.3 is 0 Å². The molecule has 0 aliphatic heterocycles. The molecule has 0 spiro atoms. The predicted octanol–water partition coefficient (Wildman–Crippen LogP) is 1.80. The summed E-state index contributed by atoms with van der Waals surface area (Å²) in [6, 6.07) is 3.91. The van der Waals surface area contributed by atoms with Gasteiger partial charge in [-0.25, -0.2) is 4.98 Å². The highest BCUT2D eigenvalue weighted by Gasteiger charge is 2.23. The third kappa shape index (κ3) is 3.58. The van der Waals surface area contributed by atoms with Crippen molar-refractivity contribution >= 4 is 5.91 Å².